The number of alkyl halides is 2. The topological polar surface area (TPSA) is 77.9 Å². The molecular formula is C21H20Cl2N2O4. The summed E-state index contributed by atoms with van der Waals surface area (Å²) in [7, 11) is 0. The molecule has 1 aliphatic rings. The number of carboxylic acids is 1. The summed E-state index contributed by atoms with van der Waals surface area (Å²) in [5.74, 6) is -1.47. The molecule has 6 nitrogen and oxygen atoms in total. The Morgan fingerprint density at radius 2 is 1.45 bits per heavy atom. The molecule has 0 aliphatic carbocycles. The van der Waals surface area contributed by atoms with Crippen LogP contribution in [0.4, 0.5) is 5.69 Å². The lowest BCUT2D eigenvalue weighted by molar-refractivity contribution is -0.141. The molecule has 152 valence electrons. The molecule has 1 N–H and O–H groups in total. The summed E-state index contributed by atoms with van der Waals surface area (Å²) < 4.78 is 0. The van der Waals surface area contributed by atoms with Crippen LogP contribution in [0.15, 0.2) is 48.5 Å². The van der Waals surface area contributed by atoms with Gasteiger partial charge in [-0.15, -0.1) is 23.2 Å². The number of hydrogen-bond acceptors (Lipinski definition) is 4. The quantitative estimate of drug-likeness (QED) is 0.483. The Kier molecular flexibility index (Phi) is 6.77. The van der Waals surface area contributed by atoms with Gasteiger partial charge in [0.2, 0.25) is 0 Å². The molecule has 2 aromatic rings. The van der Waals surface area contributed by atoms with E-state index in [0.717, 1.165) is 10.6 Å². The van der Waals surface area contributed by atoms with Crippen LogP contribution in [-0.2, 0) is 11.2 Å². The zero-order valence-electron chi connectivity index (χ0n) is 15.6. The predicted octanol–water partition coefficient (Wildman–Crippen LogP) is 3.26. The molecule has 1 heterocycles. The highest BCUT2D eigenvalue weighted by Crippen LogP contribution is 2.26. The maximum Gasteiger partial charge on any atom is 0.327 e. The number of halogens is 2. The molecular weight excluding hydrogens is 415 g/mol. The smallest absolute Gasteiger partial charge is 0.327 e. The summed E-state index contributed by atoms with van der Waals surface area (Å²) in [6, 6.07) is 12.4. The lowest BCUT2D eigenvalue weighted by atomic mass is 10.0. The Bertz CT molecular complexity index is 876. The zero-order chi connectivity index (χ0) is 21.0. The van der Waals surface area contributed by atoms with Gasteiger partial charge in [-0.1, -0.05) is 24.3 Å². The summed E-state index contributed by atoms with van der Waals surface area (Å²) in [6.07, 6.45) is 0.0199. The summed E-state index contributed by atoms with van der Waals surface area (Å²) in [6.45, 7) is 1.28. The molecule has 0 bridgehead atoms. The van der Waals surface area contributed by atoms with Gasteiger partial charge < -0.3 is 10.0 Å². The molecule has 0 aromatic heterocycles. The van der Waals surface area contributed by atoms with Gasteiger partial charge >= 0.3 is 5.97 Å². The van der Waals surface area contributed by atoms with Crippen LogP contribution in [-0.4, -0.2) is 58.7 Å². The molecule has 2 amide bonds. The molecule has 0 saturated carbocycles. The first-order valence-electron chi connectivity index (χ1n) is 9.13. The summed E-state index contributed by atoms with van der Waals surface area (Å²) in [5.41, 5.74) is 2.09. The van der Waals surface area contributed by atoms with Crippen molar-refractivity contribution in [1.82, 2.24) is 4.90 Å². The van der Waals surface area contributed by atoms with Crippen LogP contribution in [0.1, 0.15) is 26.3 Å². The van der Waals surface area contributed by atoms with Crippen molar-refractivity contribution in [2.75, 3.05) is 29.7 Å². The van der Waals surface area contributed by atoms with Crippen LogP contribution >= 0.6 is 23.2 Å². The van der Waals surface area contributed by atoms with Crippen LogP contribution < -0.4 is 4.90 Å². The minimum atomic E-state index is -1.28. The van der Waals surface area contributed by atoms with Crippen molar-refractivity contribution in [3.8, 4) is 0 Å². The van der Waals surface area contributed by atoms with E-state index in [1.165, 1.54) is 12.1 Å². The molecule has 1 atom stereocenters. The average molecular weight is 435 g/mol. The number of benzene rings is 2. The highest BCUT2D eigenvalue weighted by molar-refractivity contribution is 6.22. The van der Waals surface area contributed by atoms with E-state index in [9.17, 15) is 19.5 Å². The largest absolute Gasteiger partial charge is 0.480 e. The van der Waals surface area contributed by atoms with Crippen molar-refractivity contribution in [2.45, 2.75) is 12.5 Å². The second-order valence-electron chi connectivity index (χ2n) is 6.62. The maximum atomic E-state index is 12.6. The minimum Gasteiger partial charge on any atom is -0.480 e. The standard InChI is InChI=1S/C21H20Cl2N2O4/c22-9-11-24(12-10-23)15-7-5-14(6-8-15)13-18(21(28)29)25-19(26)16-3-1-2-4-17(16)20(25)27/h1-8,18H,9-13H2,(H,28,29)/t18-/m0/s1. The number of hydrogen-bond donors (Lipinski definition) is 1. The fraction of sp³-hybridized carbons (Fsp3) is 0.286. The monoisotopic (exact) mass is 434 g/mol. The van der Waals surface area contributed by atoms with Crippen molar-refractivity contribution in [3.05, 3.63) is 65.2 Å². The lowest BCUT2D eigenvalue weighted by Gasteiger charge is -2.24. The van der Waals surface area contributed by atoms with Gasteiger partial charge in [-0.3, -0.25) is 14.5 Å². The number of fused-ring (bicyclic) bond motifs is 1. The predicted molar refractivity (Wildman–Crippen MR) is 112 cm³/mol. The van der Waals surface area contributed by atoms with E-state index in [1.54, 1.807) is 24.3 Å². The average Bonchev–Trinajstić information content (AvgIpc) is 2.97. The van der Waals surface area contributed by atoms with Crippen molar-refractivity contribution >= 4 is 46.7 Å². The second-order valence-corrected chi connectivity index (χ2v) is 7.37. The van der Waals surface area contributed by atoms with Gasteiger partial charge in [0.25, 0.3) is 11.8 Å². The Balaban J connectivity index is 1.81. The van der Waals surface area contributed by atoms with Gasteiger partial charge in [-0.2, -0.15) is 0 Å². The Morgan fingerprint density at radius 1 is 0.931 bits per heavy atom. The molecule has 0 saturated heterocycles. The van der Waals surface area contributed by atoms with E-state index in [4.69, 9.17) is 23.2 Å². The third-order valence-electron chi connectivity index (χ3n) is 4.86. The molecule has 8 heteroatoms. The zero-order valence-corrected chi connectivity index (χ0v) is 17.1. The molecule has 0 fully saturated rings. The molecule has 29 heavy (non-hydrogen) atoms. The van der Waals surface area contributed by atoms with Gasteiger partial charge in [-0.25, -0.2) is 4.79 Å². The summed E-state index contributed by atoms with van der Waals surface area (Å²) in [5, 5.41) is 9.71. The number of carbonyl (C=O) groups is 3. The molecule has 3 rings (SSSR count). The summed E-state index contributed by atoms with van der Waals surface area (Å²) >= 11 is 11.7. The Morgan fingerprint density at radius 3 is 1.90 bits per heavy atom. The number of anilines is 1. The molecule has 0 unspecified atom stereocenters. The maximum absolute atomic E-state index is 12.6. The van der Waals surface area contributed by atoms with Gasteiger partial charge in [0.1, 0.15) is 6.04 Å². The van der Waals surface area contributed by atoms with Gasteiger partial charge in [-0.05, 0) is 29.8 Å². The number of aliphatic carboxylic acids is 1. The number of rotatable bonds is 9. The van der Waals surface area contributed by atoms with E-state index >= 15 is 0 Å². The summed E-state index contributed by atoms with van der Waals surface area (Å²) in [4.78, 5) is 40.0. The number of amides is 2. The van der Waals surface area contributed by atoms with E-state index in [0.29, 0.717) is 30.4 Å². The van der Waals surface area contributed by atoms with Gasteiger partial charge in [0.05, 0.1) is 11.1 Å². The van der Waals surface area contributed by atoms with E-state index in [2.05, 4.69) is 0 Å². The third kappa shape index (κ3) is 4.38. The highest BCUT2D eigenvalue weighted by atomic mass is 35.5. The molecule has 1 aliphatic heterocycles. The fourth-order valence-corrected chi connectivity index (χ4v) is 3.83. The van der Waals surface area contributed by atoms with E-state index < -0.39 is 23.8 Å². The van der Waals surface area contributed by atoms with Crippen molar-refractivity contribution in [3.63, 3.8) is 0 Å². The number of carboxylic acid groups (broad SMARTS) is 1. The molecule has 0 radical (unpaired) electrons. The third-order valence-corrected chi connectivity index (χ3v) is 5.20. The van der Waals surface area contributed by atoms with Crippen LogP contribution in [0.2, 0.25) is 0 Å². The fourth-order valence-electron chi connectivity index (χ4n) is 3.42. The molecule has 2 aromatic carbocycles. The Hall–Kier alpha value is -2.57. The molecule has 0 spiro atoms. The van der Waals surface area contributed by atoms with E-state index in [1.807, 2.05) is 17.0 Å². The minimum absolute atomic E-state index is 0.0199. The van der Waals surface area contributed by atoms with Crippen LogP contribution in [0.25, 0.3) is 0 Å². The number of imide groups is 1. The SMILES string of the molecule is O=C(O)[C@H](Cc1ccc(N(CCCl)CCCl)cc1)N1C(=O)c2ccccc2C1=O. The first-order chi connectivity index (χ1) is 14.0. The first kappa shape index (κ1) is 21.1. The van der Waals surface area contributed by atoms with Gasteiger partial charge in [0, 0.05) is 37.0 Å². The number of carbonyl (C=O) groups excluding carboxylic acids is 2. The van der Waals surface area contributed by atoms with Gasteiger partial charge in [0.15, 0.2) is 0 Å². The number of nitrogens with zero attached hydrogens (tertiary/aromatic N) is 2. The van der Waals surface area contributed by atoms with Crippen molar-refractivity contribution in [1.29, 1.82) is 0 Å². The lowest BCUT2D eigenvalue weighted by Crippen LogP contribution is -2.46. The van der Waals surface area contributed by atoms with E-state index in [-0.39, 0.29) is 17.5 Å². The van der Waals surface area contributed by atoms with Crippen LogP contribution in [0.3, 0.4) is 0 Å². The normalized spacial score (nSPS) is 14.1. The first-order valence-corrected chi connectivity index (χ1v) is 10.2. The van der Waals surface area contributed by atoms with Crippen molar-refractivity contribution in [2.24, 2.45) is 0 Å². The Labute approximate surface area is 178 Å². The van der Waals surface area contributed by atoms with Crippen LogP contribution in [0.5, 0.6) is 0 Å². The van der Waals surface area contributed by atoms with Crippen LogP contribution in [0, 0.1) is 0 Å². The highest BCUT2D eigenvalue weighted by Gasteiger charge is 2.42. The van der Waals surface area contributed by atoms with Crippen molar-refractivity contribution < 1.29 is 19.5 Å². The second kappa shape index (κ2) is 9.29.